The minimum atomic E-state index is -3.82. The van der Waals surface area contributed by atoms with Crippen LogP contribution in [0.4, 0.5) is 0 Å². The van der Waals surface area contributed by atoms with Gasteiger partial charge < -0.3 is 10.4 Å². The number of rotatable bonds is 10. The van der Waals surface area contributed by atoms with E-state index in [0.717, 1.165) is 31.3 Å². The third-order valence-electron chi connectivity index (χ3n) is 17.1. The molecule has 1 aromatic carbocycles. The lowest BCUT2D eigenvalue weighted by molar-refractivity contribution is -0.219. The van der Waals surface area contributed by atoms with Crippen molar-refractivity contribution in [3.05, 3.63) is 53.6 Å². The summed E-state index contributed by atoms with van der Waals surface area (Å²) in [7, 11) is -7.44. The second kappa shape index (κ2) is 14.1. The van der Waals surface area contributed by atoms with Gasteiger partial charge in [-0.15, -0.1) is 0 Å². The minimum absolute atomic E-state index is 0.0178. The fraction of sp³-hybridized carbons (Fsp3) is 0.750. The van der Waals surface area contributed by atoms with Crippen molar-refractivity contribution in [3.63, 3.8) is 0 Å². The SMILES string of the molecule is C=C(C)C1CC[C@]2(NCCN3CCN(S(=O)(=O)CS(C)(=O)=O)CC3)CC[C@]3(C)[C@H](CCC4[C@@]5(C)CC=C(c6ccc(C(=O)O)cc6)C(C)(C)C5CC[C@]43C)C12. The summed E-state index contributed by atoms with van der Waals surface area (Å²) < 4.78 is 50.2. The summed E-state index contributed by atoms with van der Waals surface area (Å²) in [5, 5.41) is 12.9. The summed E-state index contributed by atoms with van der Waals surface area (Å²) in [6.07, 6.45) is 14.3. The molecule has 5 fully saturated rings. The molecule has 9 nitrogen and oxygen atoms in total. The molecule has 6 aliphatic rings. The molecular weight excluding hydrogens is 731 g/mol. The zero-order valence-corrected chi connectivity index (χ0v) is 36.1. The molecule has 0 amide bonds. The minimum Gasteiger partial charge on any atom is -0.478 e. The monoisotopic (exact) mass is 797 g/mol. The van der Waals surface area contributed by atoms with Gasteiger partial charge in [0.15, 0.2) is 14.9 Å². The molecule has 5 aliphatic carbocycles. The van der Waals surface area contributed by atoms with Crippen LogP contribution in [-0.2, 0) is 19.9 Å². The number of carboxylic acid groups (broad SMARTS) is 1. The lowest BCUT2D eigenvalue weighted by Crippen LogP contribution is -2.68. The smallest absolute Gasteiger partial charge is 0.335 e. The molecule has 0 bridgehead atoms. The number of nitrogens with zero attached hydrogens (tertiary/aromatic N) is 2. The normalized spacial score (nSPS) is 39.3. The zero-order valence-electron chi connectivity index (χ0n) is 34.5. The van der Waals surface area contributed by atoms with Crippen LogP contribution in [0.5, 0.6) is 0 Å². The molecule has 4 saturated carbocycles. The number of carboxylic acids is 1. The number of hydrogen-bond donors (Lipinski definition) is 2. The number of piperazine rings is 1. The van der Waals surface area contributed by atoms with Gasteiger partial charge in [0.2, 0.25) is 10.0 Å². The molecule has 55 heavy (non-hydrogen) atoms. The van der Waals surface area contributed by atoms with Gasteiger partial charge in [-0.2, -0.15) is 4.31 Å². The summed E-state index contributed by atoms with van der Waals surface area (Å²) in [5.41, 5.74) is 4.92. The molecule has 1 saturated heterocycles. The van der Waals surface area contributed by atoms with Crippen molar-refractivity contribution in [2.75, 3.05) is 50.6 Å². The molecule has 1 heterocycles. The molecule has 9 atom stereocenters. The van der Waals surface area contributed by atoms with Gasteiger partial charge >= 0.3 is 5.97 Å². The van der Waals surface area contributed by atoms with E-state index in [1.54, 1.807) is 12.1 Å². The van der Waals surface area contributed by atoms with E-state index < -0.39 is 30.9 Å². The highest BCUT2D eigenvalue weighted by Gasteiger charge is 2.70. The zero-order chi connectivity index (χ0) is 40.0. The summed E-state index contributed by atoms with van der Waals surface area (Å²) in [4.78, 5) is 13.9. The highest BCUT2D eigenvalue weighted by Crippen LogP contribution is 2.76. The Hall–Kier alpha value is -2.05. The summed E-state index contributed by atoms with van der Waals surface area (Å²) in [6.45, 7) is 23.3. The Bertz CT molecular complexity index is 1940. The maximum Gasteiger partial charge on any atom is 0.335 e. The second-order valence-corrected chi connectivity index (χ2v) is 24.6. The summed E-state index contributed by atoms with van der Waals surface area (Å²) in [5.74, 6) is 1.99. The standard InChI is InChI=1S/C44H67N3O6S2/c1-30(2)33-15-20-44(45-23-24-46-25-27-47(28-26-46)55(52,53)29-54(8,50)51)22-21-42(6)35(38(33)44)13-14-37-41(5)18-16-34(31-9-11-32(12-10-31)39(48)49)40(3,4)36(41)17-19-43(37,42)7/h9-12,16,33,35-38,45H,1,13-15,17-29H2,2-8H3,(H,48,49)/t33?,35-,36?,37?,38?,41+,42-,43-,44+/m1/s1. The number of aromatic carboxylic acids is 1. The van der Waals surface area contributed by atoms with Gasteiger partial charge in [-0.3, -0.25) is 4.90 Å². The van der Waals surface area contributed by atoms with Crippen LogP contribution in [0.15, 0.2) is 42.5 Å². The van der Waals surface area contributed by atoms with Gasteiger partial charge in [-0.05, 0) is 139 Å². The number of sulfonamides is 1. The van der Waals surface area contributed by atoms with Gasteiger partial charge in [-0.25, -0.2) is 21.6 Å². The number of hydrogen-bond acceptors (Lipinski definition) is 7. The Morgan fingerprint density at radius 2 is 1.55 bits per heavy atom. The van der Waals surface area contributed by atoms with Crippen LogP contribution >= 0.6 is 0 Å². The average molecular weight is 798 g/mol. The largest absolute Gasteiger partial charge is 0.478 e. The third-order valence-corrected chi connectivity index (χ3v) is 21.1. The van der Waals surface area contributed by atoms with Gasteiger partial charge in [0.05, 0.1) is 5.56 Å². The lowest BCUT2D eigenvalue weighted by Gasteiger charge is -2.72. The van der Waals surface area contributed by atoms with Crippen LogP contribution in [0.1, 0.15) is 115 Å². The second-order valence-electron chi connectivity index (χ2n) is 20.1. The van der Waals surface area contributed by atoms with Crippen LogP contribution in [0.3, 0.4) is 0 Å². The van der Waals surface area contributed by atoms with Gasteiger partial charge in [0.25, 0.3) is 0 Å². The molecule has 306 valence electrons. The first kappa shape index (κ1) is 41.1. The van der Waals surface area contributed by atoms with Crippen molar-refractivity contribution < 1.29 is 26.7 Å². The van der Waals surface area contributed by atoms with Crippen LogP contribution in [0.25, 0.3) is 5.57 Å². The number of fused-ring (bicyclic) bond motifs is 7. The van der Waals surface area contributed by atoms with Crippen LogP contribution in [0.2, 0.25) is 0 Å². The molecule has 1 aliphatic heterocycles. The highest BCUT2D eigenvalue weighted by molar-refractivity contribution is 8.06. The van der Waals surface area contributed by atoms with Crippen LogP contribution in [-0.4, -0.2) is 93.3 Å². The average Bonchev–Trinajstić information content (AvgIpc) is 3.48. The van der Waals surface area contributed by atoms with Crippen molar-refractivity contribution in [1.82, 2.24) is 14.5 Å². The molecule has 11 heteroatoms. The van der Waals surface area contributed by atoms with Crippen molar-refractivity contribution >= 4 is 31.4 Å². The number of carbonyl (C=O) groups is 1. The van der Waals surface area contributed by atoms with E-state index in [-0.39, 0.29) is 27.2 Å². The van der Waals surface area contributed by atoms with E-state index in [1.807, 2.05) is 12.1 Å². The Morgan fingerprint density at radius 3 is 2.16 bits per heavy atom. The first-order chi connectivity index (χ1) is 25.6. The molecule has 1 aromatic rings. The van der Waals surface area contributed by atoms with E-state index in [9.17, 15) is 26.7 Å². The van der Waals surface area contributed by atoms with Crippen molar-refractivity contribution in [3.8, 4) is 0 Å². The third kappa shape index (κ3) is 6.81. The Morgan fingerprint density at radius 1 is 0.873 bits per heavy atom. The van der Waals surface area contributed by atoms with E-state index in [4.69, 9.17) is 0 Å². The lowest BCUT2D eigenvalue weighted by atomic mass is 9.33. The van der Waals surface area contributed by atoms with Crippen LogP contribution < -0.4 is 5.32 Å². The molecule has 2 N–H and O–H groups in total. The fourth-order valence-electron chi connectivity index (χ4n) is 14.4. The number of allylic oxidation sites excluding steroid dienone is 3. The predicted octanol–water partition coefficient (Wildman–Crippen LogP) is 7.33. The van der Waals surface area contributed by atoms with Gasteiger partial charge in [-0.1, -0.05) is 65.0 Å². The quantitative estimate of drug-likeness (QED) is 0.236. The first-order valence-corrected chi connectivity index (χ1v) is 24.6. The summed E-state index contributed by atoms with van der Waals surface area (Å²) >= 11 is 0. The molecular formula is C44H67N3O6S2. The van der Waals surface area contributed by atoms with Crippen LogP contribution in [0, 0.1) is 51.2 Å². The Kier molecular flexibility index (Phi) is 10.5. The fourth-order valence-corrected chi connectivity index (χ4v) is 17.9. The molecule has 4 unspecified atom stereocenters. The summed E-state index contributed by atoms with van der Waals surface area (Å²) in [6, 6.07) is 7.53. The maximum absolute atomic E-state index is 12.7. The van der Waals surface area contributed by atoms with Crippen molar-refractivity contribution in [2.24, 2.45) is 51.2 Å². The van der Waals surface area contributed by atoms with E-state index >= 15 is 0 Å². The maximum atomic E-state index is 12.7. The number of nitrogens with one attached hydrogen (secondary N) is 1. The number of benzene rings is 1. The molecule has 7 rings (SSSR count). The highest BCUT2D eigenvalue weighted by atomic mass is 32.3. The van der Waals surface area contributed by atoms with Gasteiger partial charge in [0.1, 0.15) is 0 Å². The van der Waals surface area contributed by atoms with Gasteiger partial charge in [0, 0.05) is 51.1 Å². The first-order valence-electron chi connectivity index (χ1n) is 20.9. The van der Waals surface area contributed by atoms with Crippen molar-refractivity contribution in [2.45, 2.75) is 105 Å². The Balaban J connectivity index is 1.08. The number of sulfone groups is 1. The predicted molar refractivity (Wildman–Crippen MR) is 221 cm³/mol. The topological polar surface area (TPSA) is 124 Å². The molecule has 0 radical (unpaired) electrons. The van der Waals surface area contributed by atoms with E-state index in [1.165, 1.54) is 66.8 Å². The molecule has 0 aromatic heterocycles. The van der Waals surface area contributed by atoms with Crippen molar-refractivity contribution in [1.29, 1.82) is 0 Å². The van der Waals surface area contributed by atoms with E-state index in [2.05, 4.69) is 64.4 Å². The molecule has 0 spiro atoms. The van der Waals surface area contributed by atoms with E-state index in [0.29, 0.717) is 61.3 Å². The Labute approximate surface area is 331 Å².